The van der Waals surface area contributed by atoms with Crippen LogP contribution >= 0.6 is 15.9 Å². The van der Waals surface area contributed by atoms with Crippen molar-refractivity contribution in [1.82, 2.24) is 9.38 Å². The average Bonchev–Trinajstić information content (AvgIpc) is 2.90. The summed E-state index contributed by atoms with van der Waals surface area (Å²) >= 11 is 3.45. The van der Waals surface area contributed by atoms with E-state index in [0.29, 0.717) is 11.2 Å². The second-order valence-corrected chi connectivity index (χ2v) is 5.37. The molecule has 0 atom stereocenters. The number of pyridine rings is 1. The summed E-state index contributed by atoms with van der Waals surface area (Å²) in [4.78, 5) is 16.6. The van der Waals surface area contributed by atoms with E-state index in [-0.39, 0.29) is 5.91 Å². The number of aryl methyl sites for hydroxylation is 1. The van der Waals surface area contributed by atoms with Crippen molar-refractivity contribution in [2.24, 2.45) is 0 Å². The van der Waals surface area contributed by atoms with Gasteiger partial charge in [-0.2, -0.15) is 0 Å². The summed E-state index contributed by atoms with van der Waals surface area (Å²) in [6, 6.07) is 9.39. The van der Waals surface area contributed by atoms with Gasteiger partial charge in [0.25, 0.3) is 5.91 Å². The fraction of sp³-hybridized carbons (Fsp3) is 0.0667. The molecule has 3 aromatic rings. The minimum absolute atomic E-state index is 0.175. The predicted octanol–water partition coefficient (Wildman–Crippen LogP) is 3.66. The first-order valence-electron chi connectivity index (χ1n) is 6.14. The number of hydrogen-bond donors (Lipinski definition) is 1. The Morgan fingerprint density at radius 1 is 1.30 bits per heavy atom. The van der Waals surface area contributed by atoms with E-state index in [0.717, 1.165) is 15.7 Å². The monoisotopic (exact) mass is 329 g/mol. The normalized spacial score (nSPS) is 10.7. The number of nitrogens with zero attached hydrogens (tertiary/aromatic N) is 2. The van der Waals surface area contributed by atoms with Crippen molar-refractivity contribution in [3.05, 3.63) is 64.5 Å². The van der Waals surface area contributed by atoms with E-state index in [1.165, 1.54) is 0 Å². The van der Waals surface area contributed by atoms with Crippen LogP contribution in [0.5, 0.6) is 0 Å². The molecule has 3 rings (SSSR count). The van der Waals surface area contributed by atoms with E-state index >= 15 is 0 Å². The van der Waals surface area contributed by atoms with Gasteiger partial charge >= 0.3 is 0 Å². The zero-order valence-electron chi connectivity index (χ0n) is 10.8. The van der Waals surface area contributed by atoms with E-state index in [1.807, 2.05) is 48.0 Å². The predicted molar refractivity (Wildman–Crippen MR) is 82.0 cm³/mol. The standard InChI is InChI=1S/C15H12BrN3O/c1-10-4-5-13(12(16)9-10)18-15(20)11-3-2-7-19-8-6-17-14(11)19/h2-9H,1H3,(H,18,20). The molecule has 0 radical (unpaired) electrons. The summed E-state index contributed by atoms with van der Waals surface area (Å²) in [5.41, 5.74) is 3.07. The summed E-state index contributed by atoms with van der Waals surface area (Å²) in [7, 11) is 0. The van der Waals surface area contributed by atoms with Gasteiger partial charge in [0, 0.05) is 23.1 Å². The second kappa shape index (κ2) is 5.09. The van der Waals surface area contributed by atoms with Crippen molar-refractivity contribution < 1.29 is 4.79 Å². The molecule has 0 aliphatic heterocycles. The summed E-state index contributed by atoms with van der Waals surface area (Å²) in [5.74, 6) is -0.175. The molecule has 2 aromatic heterocycles. The summed E-state index contributed by atoms with van der Waals surface area (Å²) in [6.07, 6.45) is 5.35. The number of imidazole rings is 1. The molecule has 0 saturated heterocycles. The number of carbonyl (C=O) groups is 1. The van der Waals surface area contributed by atoms with E-state index < -0.39 is 0 Å². The van der Waals surface area contributed by atoms with Gasteiger partial charge in [0.15, 0.2) is 0 Å². The summed E-state index contributed by atoms with van der Waals surface area (Å²) < 4.78 is 2.68. The SMILES string of the molecule is Cc1ccc(NC(=O)c2cccn3ccnc23)c(Br)c1. The Morgan fingerprint density at radius 2 is 2.15 bits per heavy atom. The lowest BCUT2D eigenvalue weighted by Crippen LogP contribution is -2.13. The van der Waals surface area contributed by atoms with Gasteiger partial charge < -0.3 is 9.72 Å². The summed E-state index contributed by atoms with van der Waals surface area (Å²) in [6.45, 7) is 2.00. The zero-order valence-corrected chi connectivity index (χ0v) is 12.4. The van der Waals surface area contributed by atoms with Crippen LogP contribution < -0.4 is 5.32 Å². The molecule has 0 unspecified atom stereocenters. The number of anilines is 1. The van der Waals surface area contributed by atoms with Gasteiger partial charge in [-0.25, -0.2) is 4.98 Å². The van der Waals surface area contributed by atoms with Crippen LogP contribution in [0.15, 0.2) is 53.4 Å². The molecule has 5 heteroatoms. The highest BCUT2D eigenvalue weighted by atomic mass is 79.9. The Balaban J connectivity index is 1.95. The van der Waals surface area contributed by atoms with E-state index in [4.69, 9.17) is 0 Å². The van der Waals surface area contributed by atoms with Crippen LogP contribution in [0.3, 0.4) is 0 Å². The zero-order chi connectivity index (χ0) is 14.1. The molecular formula is C15H12BrN3O. The van der Waals surface area contributed by atoms with Gasteiger partial charge in [-0.15, -0.1) is 0 Å². The third-order valence-corrected chi connectivity index (χ3v) is 3.69. The number of aromatic nitrogens is 2. The lowest BCUT2D eigenvalue weighted by Gasteiger charge is -2.08. The van der Waals surface area contributed by atoms with Crippen molar-refractivity contribution in [2.45, 2.75) is 6.92 Å². The molecule has 0 aliphatic carbocycles. The van der Waals surface area contributed by atoms with E-state index in [1.54, 1.807) is 12.3 Å². The number of rotatable bonds is 2. The Labute approximate surface area is 124 Å². The highest BCUT2D eigenvalue weighted by molar-refractivity contribution is 9.10. The Kier molecular flexibility index (Phi) is 3.28. The van der Waals surface area contributed by atoms with E-state index in [9.17, 15) is 4.79 Å². The lowest BCUT2D eigenvalue weighted by molar-refractivity contribution is 0.102. The maximum absolute atomic E-state index is 12.4. The molecule has 1 N–H and O–H groups in total. The van der Waals surface area contributed by atoms with Gasteiger partial charge in [-0.3, -0.25) is 4.79 Å². The third kappa shape index (κ3) is 2.32. The van der Waals surface area contributed by atoms with E-state index in [2.05, 4.69) is 26.2 Å². The van der Waals surface area contributed by atoms with Gasteiger partial charge in [0.05, 0.1) is 11.3 Å². The molecule has 100 valence electrons. The Morgan fingerprint density at radius 3 is 2.95 bits per heavy atom. The Bertz CT molecular complexity index is 795. The molecule has 0 bridgehead atoms. The van der Waals surface area contributed by atoms with Crippen LogP contribution in [0.4, 0.5) is 5.69 Å². The number of nitrogens with one attached hydrogen (secondary N) is 1. The number of fused-ring (bicyclic) bond motifs is 1. The number of amides is 1. The molecule has 2 heterocycles. The van der Waals surface area contributed by atoms with Crippen molar-refractivity contribution in [3.63, 3.8) is 0 Å². The average molecular weight is 330 g/mol. The molecule has 0 spiro atoms. The minimum Gasteiger partial charge on any atom is -0.321 e. The van der Waals surface area contributed by atoms with Crippen LogP contribution in [0.25, 0.3) is 5.65 Å². The first kappa shape index (κ1) is 12.9. The maximum atomic E-state index is 12.4. The molecule has 20 heavy (non-hydrogen) atoms. The lowest BCUT2D eigenvalue weighted by atomic mass is 10.2. The number of halogens is 1. The summed E-state index contributed by atoms with van der Waals surface area (Å²) in [5, 5.41) is 2.90. The topological polar surface area (TPSA) is 46.4 Å². The van der Waals surface area contributed by atoms with Crippen molar-refractivity contribution in [1.29, 1.82) is 0 Å². The number of benzene rings is 1. The van der Waals surface area contributed by atoms with Gasteiger partial charge in [-0.05, 0) is 52.7 Å². The highest BCUT2D eigenvalue weighted by Gasteiger charge is 2.12. The fourth-order valence-corrected chi connectivity index (χ4v) is 2.63. The highest BCUT2D eigenvalue weighted by Crippen LogP contribution is 2.24. The smallest absolute Gasteiger partial charge is 0.259 e. The van der Waals surface area contributed by atoms with Crippen LogP contribution in [0, 0.1) is 6.92 Å². The molecule has 1 aromatic carbocycles. The molecule has 0 aliphatic rings. The molecule has 0 fully saturated rings. The van der Waals surface area contributed by atoms with Crippen LogP contribution in [-0.2, 0) is 0 Å². The largest absolute Gasteiger partial charge is 0.321 e. The van der Waals surface area contributed by atoms with Gasteiger partial charge in [0.2, 0.25) is 0 Å². The number of hydrogen-bond acceptors (Lipinski definition) is 2. The maximum Gasteiger partial charge on any atom is 0.259 e. The van der Waals surface area contributed by atoms with Crippen LogP contribution in [-0.4, -0.2) is 15.3 Å². The van der Waals surface area contributed by atoms with Crippen molar-refractivity contribution in [3.8, 4) is 0 Å². The number of carbonyl (C=O) groups excluding carboxylic acids is 1. The third-order valence-electron chi connectivity index (χ3n) is 3.04. The second-order valence-electron chi connectivity index (χ2n) is 4.52. The molecule has 4 nitrogen and oxygen atoms in total. The van der Waals surface area contributed by atoms with Gasteiger partial charge in [-0.1, -0.05) is 6.07 Å². The first-order chi connectivity index (χ1) is 9.65. The quantitative estimate of drug-likeness (QED) is 0.779. The minimum atomic E-state index is -0.175. The fourth-order valence-electron chi connectivity index (χ4n) is 2.04. The van der Waals surface area contributed by atoms with Crippen molar-refractivity contribution >= 4 is 33.2 Å². The van der Waals surface area contributed by atoms with Crippen LogP contribution in [0.2, 0.25) is 0 Å². The van der Waals surface area contributed by atoms with Crippen molar-refractivity contribution in [2.75, 3.05) is 5.32 Å². The van der Waals surface area contributed by atoms with Gasteiger partial charge in [0.1, 0.15) is 5.65 Å². The molecule has 0 saturated carbocycles. The molecule has 1 amide bonds. The molecular weight excluding hydrogens is 318 g/mol. The van der Waals surface area contributed by atoms with Crippen LogP contribution in [0.1, 0.15) is 15.9 Å². The Hall–Kier alpha value is -2.14. The first-order valence-corrected chi connectivity index (χ1v) is 6.93.